The van der Waals surface area contributed by atoms with Crippen LogP contribution in [0.5, 0.6) is 5.75 Å². The smallest absolute Gasteiger partial charge is 0.344 e. The van der Waals surface area contributed by atoms with E-state index < -0.39 is 35.1 Å². The van der Waals surface area contributed by atoms with Crippen molar-refractivity contribution in [2.24, 2.45) is 0 Å². The van der Waals surface area contributed by atoms with E-state index in [2.05, 4.69) is 10.3 Å². The Morgan fingerprint density at radius 2 is 1.62 bits per heavy atom. The van der Waals surface area contributed by atoms with Crippen LogP contribution in [0, 0.1) is 0 Å². The third-order valence-corrected chi connectivity index (χ3v) is 8.57. The second-order valence-electron chi connectivity index (χ2n) is 8.46. The minimum absolute atomic E-state index is 0.180. The highest BCUT2D eigenvalue weighted by Crippen LogP contribution is 2.27. The van der Waals surface area contributed by atoms with Gasteiger partial charge in [-0.1, -0.05) is 53.8 Å². The Hall–Kier alpha value is -4.48. The van der Waals surface area contributed by atoms with Gasteiger partial charge < -0.3 is 9.47 Å². The highest BCUT2D eigenvalue weighted by molar-refractivity contribution is 7.92. The van der Waals surface area contributed by atoms with Crippen LogP contribution in [0.4, 0.5) is 10.8 Å². The third kappa shape index (κ3) is 6.00. The first-order valence-electron chi connectivity index (χ1n) is 11.8. The molecule has 1 aromatic heterocycles. The van der Waals surface area contributed by atoms with E-state index in [4.69, 9.17) is 9.47 Å². The number of carbonyl (C=O) groups excluding carboxylic acids is 2. The van der Waals surface area contributed by atoms with Crippen LogP contribution in [-0.2, 0) is 24.3 Å². The fourth-order valence-corrected chi connectivity index (χ4v) is 5.90. The van der Waals surface area contributed by atoms with E-state index in [0.29, 0.717) is 16.6 Å². The normalized spacial score (nSPS) is 11.3. The molecule has 198 valence electrons. The molecule has 0 radical (unpaired) electrons. The summed E-state index contributed by atoms with van der Waals surface area (Å²) < 4.78 is 38.8. The van der Waals surface area contributed by atoms with Gasteiger partial charge in [-0.05, 0) is 59.3 Å². The Balaban J connectivity index is 1.12. The quantitative estimate of drug-likeness (QED) is 0.256. The average molecular weight is 562 g/mol. The molecule has 1 amide bonds. The van der Waals surface area contributed by atoms with Gasteiger partial charge in [0.2, 0.25) is 0 Å². The van der Waals surface area contributed by atoms with Gasteiger partial charge in [-0.25, -0.2) is 18.2 Å². The molecule has 11 heteroatoms. The summed E-state index contributed by atoms with van der Waals surface area (Å²) in [6.45, 7) is -0.895. The van der Waals surface area contributed by atoms with E-state index in [-0.39, 0.29) is 4.90 Å². The maximum atomic E-state index is 13.2. The number of para-hydroxylation sites is 1. The summed E-state index contributed by atoms with van der Waals surface area (Å²) in [5, 5.41) is 4.81. The van der Waals surface area contributed by atoms with Crippen LogP contribution in [0.2, 0.25) is 0 Å². The Labute approximate surface area is 228 Å². The lowest BCUT2D eigenvalue weighted by Crippen LogP contribution is -2.26. The van der Waals surface area contributed by atoms with Crippen molar-refractivity contribution in [3.05, 3.63) is 91.0 Å². The van der Waals surface area contributed by atoms with Gasteiger partial charge in [0.1, 0.15) is 5.75 Å². The third-order valence-electron chi connectivity index (χ3n) is 5.84. The van der Waals surface area contributed by atoms with Crippen LogP contribution >= 0.6 is 11.3 Å². The fraction of sp³-hybridized carbons (Fsp3) is 0.107. The van der Waals surface area contributed by atoms with E-state index >= 15 is 0 Å². The lowest BCUT2D eigenvalue weighted by atomic mass is 10.1. The molecule has 0 saturated carbocycles. The summed E-state index contributed by atoms with van der Waals surface area (Å²) in [6, 6.07) is 26.3. The van der Waals surface area contributed by atoms with Gasteiger partial charge in [0.25, 0.3) is 15.9 Å². The molecule has 39 heavy (non-hydrogen) atoms. The number of benzene rings is 4. The zero-order valence-corrected chi connectivity index (χ0v) is 22.4. The molecular weight excluding hydrogens is 538 g/mol. The van der Waals surface area contributed by atoms with Gasteiger partial charge in [0, 0.05) is 7.05 Å². The predicted molar refractivity (Wildman–Crippen MR) is 151 cm³/mol. The van der Waals surface area contributed by atoms with E-state index in [1.807, 2.05) is 48.5 Å². The van der Waals surface area contributed by atoms with Gasteiger partial charge in [-0.15, -0.1) is 0 Å². The van der Waals surface area contributed by atoms with Crippen LogP contribution in [-0.4, -0.2) is 45.5 Å². The van der Waals surface area contributed by atoms with Crippen LogP contribution in [0.25, 0.3) is 21.0 Å². The van der Waals surface area contributed by atoms with Crippen LogP contribution in [0.1, 0.15) is 0 Å². The van der Waals surface area contributed by atoms with E-state index in [1.54, 1.807) is 42.5 Å². The van der Waals surface area contributed by atoms with Gasteiger partial charge in [0.15, 0.2) is 18.3 Å². The minimum Gasteiger partial charge on any atom is -0.482 e. The molecule has 0 spiro atoms. The molecule has 0 aliphatic heterocycles. The number of anilines is 2. The molecule has 0 saturated heterocycles. The highest BCUT2D eigenvalue weighted by Gasteiger charge is 2.22. The summed E-state index contributed by atoms with van der Waals surface area (Å²) in [4.78, 5) is 28.6. The van der Waals surface area contributed by atoms with Crippen molar-refractivity contribution in [1.29, 1.82) is 0 Å². The van der Waals surface area contributed by atoms with E-state index in [1.165, 1.54) is 22.7 Å². The highest BCUT2D eigenvalue weighted by atomic mass is 32.2. The Morgan fingerprint density at radius 3 is 2.38 bits per heavy atom. The number of ether oxygens (including phenoxy) is 2. The second-order valence-corrected chi connectivity index (χ2v) is 11.5. The molecule has 0 fully saturated rings. The fourth-order valence-electron chi connectivity index (χ4n) is 3.79. The molecule has 0 bridgehead atoms. The molecule has 5 aromatic rings. The standard InChI is InChI=1S/C28H23N3O6S2/c1-31(39(34,35)23-15-10-19-6-2-3-7-20(19)16-23)21-11-13-22(14-12-21)36-18-27(33)37-17-26(32)30-28-29-24-8-4-5-9-25(24)38-28/h2-16H,17-18H2,1H3,(H,29,30,32). The van der Waals surface area contributed by atoms with Crippen LogP contribution in [0.15, 0.2) is 95.9 Å². The second kappa shape index (κ2) is 11.1. The van der Waals surface area contributed by atoms with Crippen molar-refractivity contribution >= 4 is 65.0 Å². The van der Waals surface area contributed by atoms with Crippen molar-refractivity contribution in [1.82, 2.24) is 4.98 Å². The maximum absolute atomic E-state index is 13.2. The number of rotatable bonds is 9. The van der Waals surface area contributed by atoms with Crippen molar-refractivity contribution in [2.45, 2.75) is 4.90 Å². The molecule has 0 atom stereocenters. The summed E-state index contributed by atoms with van der Waals surface area (Å²) in [6.07, 6.45) is 0. The molecular formula is C28H23N3O6S2. The van der Waals surface area contributed by atoms with E-state index in [9.17, 15) is 18.0 Å². The molecule has 9 nitrogen and oxygen atoms in total. The van der Waals surface area contributed by atoms with Crippen LogP contribution < -0.4 is 14.4 Å². The van der Waals surface area contributed by atoms with Crippen molar-refractivity contribution in [3.8, 4) is 5.75 Å². The van der Waals surface area contributed by atoms with E-state index in [0.717, 1.165) is 21.0 Å². The zero-order chi connectivity index (χ0) is 27.4. The number of aromatic nitrogens is 1. The molecule has 0 unspecified atom stereocenters. The molecule has 0 aliphatic carbocycles. The lowest BCUT2D eigenvalue weighted by Gasteiger charge is -2.20. The molecule has 5 rings (SSSR count). The number of thiazole rings is 1. The summed E-state index contributed by atoms with van der Waals surface area (Å²) in [5.74, 6) is -0.900. The number of esters is 1. The molecule has 0 aliphatic rings. The van der Waals surface area contributed by atoms with Gasteiger partial charge in [0.05, 0.1) is 20.8 Å². The number of nitrogens with zero attached hydrogens (tertiary/aromatic N) is 2. The number of sulfonamides is 1. The van der Waals surface area contributed by atoms with Gasteiger partial charge >= 0.3 is 5.97 Å². The number of hydrogen-bond acceptors (Lipinski definition) is 8. The minimum atomic E-state index is -3.79. The molecule has 1 heterocycles. The molecule has 1 N–H and O–H groups in total. The molecule has 4 aromatic carbocycles. The summed E-state index contributed by atoms with van der Waals surface area (Å²) in [7, 11) is -2.32. The first-order chi connectivity index (χ1) is 18.8. The van der Waals surface area contributed by atoms with Crippen molar-refractivity contribution in [3.63, 3.8) is 0 Å². The zero-order valence-electron chi connectivity index (χ0n) is 20.7. The Morgan fingerprint density at radius 1 is 0.897 bits per heavy atom. The number of hydrogen-bond donors (Lipinski definition) is 1. The Kier molecular flexibility index (Phi) is 7.44. The SMILES string of the molecule is CN(c1ccc(OCC(=O)OCC(=O)Nc2nc3ccccc3s2)cc1)S(=O)(=O)c1ccc2ccccc2c1. The summed E-state index contributed by atoms with van der Waals surface area (Å²) >= 11 is 1.32. The first-order valence-corrected chi connectivity index (χ1v) is 14.1. The van der Waals surface area contributed by atoms with Gasteiger partial charge in [-0.2, -0.15) is 0 Å². The number of carbonyl (C=O) groups is 2. The van der Waals surface area contributed by atoms with Crippen molar-refractivity contribution < 1.29 is 27.5 Å². The number of nitrogens with one attached hydrogen (secondary N) is 1. The number of amides is 1. The lowest BCUT2D eigenvalue weighted by molar-refractivity contribution is -0.149. The average Bonchev–Trinajstić information content (AvgIpc) is 3.36. The predicted octanol–water partition coefficient (Wildman–Crippen LogP) is 4.84. The monoisotopic (exact) mass is 561 g/mol. The van der Waals surface area contributed by atoms with Gasteiger partial charge in [-0.3, -0.25) is 14.4 Å². The van der Waals surface area contributed by atoms with Crippen LogP contribution in [0.3, 0.4) is 0 Å². The largest absolute Gasteiger partial charge is 0.482 e. The summed E-state index contributed by atoms with van der Waals surface area (Å²) in [5.41, 5.74) is 1.19. The van der Waals surface area contributed by atoms with Crippen molar-refractivity contribution in [2.75, 3.05) is 29.9 Å². The Bertz CT molecular complexity index is 1730. The number of fused-ring (bicyclic) bond motifs is 2. The maximum Gasteiger partial charge on any atom is 0.344 e. The first kappa shape index (κ1) is 26.1. The topological polar surface area (TPSA) is 115 Å².